The number of ether oxygens (including phenoxy) is 1. The summed E-state index contributed by atoms with van der Waals surface area (Å²) in [5.41, 5.74) is 0.657. The molecular formula is C40H61N7O9S. The smallest absolute Gasteiger partial charge is 0.410 e. The molecule has 4 N–H and O–H groups in total. The Balaban J connectivity index is 1.59. The zero-order chi connectivity index (χ0) is 42.5. The molecule has 6 amide bonds. The molecule has 57 heavy (non-hydrogen) atoms. The first kappa shape index (κ1) is 45.2. The van der Waals surface area contributed by atoms with Gasteiger partial charge in [0.2, 0.25) is 27.6 Å². The van der Waals surface area contributed by atoms with Gasteiger partial charge in [0.15, 0.2) is 0 Å². The van der Waals surface area contributed by atoms with E-state index < -0.39 is 86.8 Å². The van der Waals surface area contributed by atoms with Gasteiger partial charge in [-0.25, -0.2) is 22.3 Å². The van der Waals surface area contributed by atoms with E-state index in [0.717, 1.165) is 34.5 Å². The summed E-state index contributed by atoms with van der Waals surface area (Å²) >= 11 is 0. The molecule has 0 radical (unpaired) electrons. The third kappa shape index (κ3) is 12.5. The second-order valence-corrected chi connectivity index (χ2v) is 19.8. The van der Waals surface area contributed by atoms with Crippen LogP contribution < -0.4 is 21.3 Å². The molecule has 0 aromatic heterocycles. The van der Waals surface area contributed by atoms with Crippen LogP contribution in [0.2, 0.25) is 0 Å². The Bertz CT molecular complexity index is 1800. The van der Waals surface area contributed by atoms with Gasteiger partial charge in [-0.3, -0.25) is 19.2 Å². The van der Waals surface area contributed by atoms with E-state index in [1.54, 1.807) is 25.7 Å². The maximum Gasteiger partial charge on any atom is 0.410 e. The van der Waals surface area contributed by atoms with Crippen molar-refractivity contribution in [2.24, 2.45) is 16.7 Å². The van der Waals surface area contributed by atoms with Crippen LogP contribution in [0.1, 0.15) is 78.4 Å². The van der Waals surface area contributed by atoms with Crippen LogP contribution in [0.5, 0.6) is 0 Å². The van der Waals surface area contributed by atoms with E-state index in [1.165, 1.54) is 18.0 Å². The maximum absolute atomic E-state index is 14.7. The average molecular weight is 816 g/mol. The zero-order valence-corrected chi connectivity index (χ0v) is 35.4. The molecule has 16 nitrogen and oxygen atoms in total. The fraction of sp³-hybridized carbons (Fsp3) is 0.650. The molecule has 0 bridgehead atoms. The molecule has 1 aromatic rings. The minimum Gasteiger partial charge on any atom is -0.444 e. The lowest BCUT2D eigenvalue weighted by atomic mass is 9.85. The Morgan fingerprint density at radius 3 is 2.21 bits per heavy atom. The van der Waals surface area contributed by atoms with Crippen molar-refractivity contribution < 1.29 is 41.9 Å². The van der Waals surface area contributed by atoms with Crippen molar-refractivity contribution in [1.29, 1.82) is 0 Å². The number of hydrogen-bond acceptors (Lipinski definition) is 9. The molecule has 4 rings (SSSR count). The quantitative estimate of drug-likeness (QED) is 0.151. The van der Waals surface area contributed by atoms with E-state index in [0.29, 0.717) is 19.5 Å². The number of amides is 6. The van der Waals surface area contributed by atoms with Gasteiger partial charge in [-0.1, -0.05) is 84.7 Å². The van der Waals surface area contributed by atoms with Crippen molar-refractivity contribution in [2.45, 2.75) is 110 Å². The molecule has 2 aliphatic heterocycles. The number of urea groups is 1. The number of carbonyl (C=O) groups is 6. The third-order valence-corrected chi connectivity index (χ3v) is 12.1. The van der Waals surface area contributed by atoms with Crippen molar-refractivity contribution >= 4 is 45.7 Å². The van der Waals surface area contributed by atoms with Gasteiger partial charge in [-0.05, 0) is 40.7 Å². The fourth-order valence-electron chi connectivity index (χ4n) is 6.91. The number of ketones is 1. The van der Waals surface area contributed by atoms with Crippen molar-refractivity contribution in [3.8, 4) is 0 Å². The summed E-state index contributed by atoms with van der Waals surface area (Å²) in [6.45, 7) is 15.0. The molecule has 2 fully saturated rings. The molecule has 17 heteroatoms. The van der Waals surface area contributed by atoms with E-state index in [4.69, 9.17) is 4.74 Å². The number of rotatable bonds is 15. The van der Waals surface area contributed by atoms with E-state index in [1.807, 2.05) is 45.0 Å². The highest BCUT2D eigenvalue weighted by Crippen LogP contribution is 2.34. The first-order valence-electron chi connectivity index (χ1n) is 19.5. The topological polar surface area (TPSA) is 204 Å². The van der Waals surface area contributed by atoms with Crippen molar-refractivity contribution in [3.05, 3.63) is 48.0 Å². The largest absolute Gasteiger partial charge is 0.444 e. The summed E-state index contributed by atoms with van der Waals surface area (Å²) in [4.78, 5) is 84.9. The molecule has 1 aliphatic carbocycles. The predicted octanol–water partition coefficient (Wildman–Crippen LogP) is 2.33. The summed E-state index contributed by atoms with van der Waals surface area (Å²) in [7, 11) is -2.15. The highest BCUT2D eigenvalue weighted by molar-refractivity contribution is 7.88. The van der Waals surface area contributed by atoms with Crippen LogP contribution in [-0.2, 0) is 46.9 Å². The minimum absolute atomic E-state index is 0.0275. The second-order valence-electron chi connectivity index (χ2n) is 17.7. The number of likely N-dealkylation sites (N-methyl/N-ethyl adjacent to an activating group) is 1. The number of hydrogen-bond donors (Lipinski definition) is 4. The Morgan fingerprint density at radius 1 is 0.982 bits per heavy atom. The summed E-state index contributed by atoms with van der Waals surface area (Å²) in [5, 5.41) is 10.8. The summed E-state index contributed by atoms with van der Waals surface area (Å²) in [5.74, 6) is -2.86. The van der Waals surface area contributed by atoms with E-state index in [9.17, 15) is 37.2 Å². The summed E-state index contributed by atoms with van der Waals surface area (Å²) < 4.78 is 31.5. The number of sulfonamides is 1. The highest BCUT2D eigenvalue weighted by Gasteiger charge is 2.48. The van der Waals surface area contributed by atoms with Crippen LogP contribution in [0.25, 0.3) is 0 Å². The van der Waals surface area contributed by atoms with Crippen LogP contribution in [0, 0.1) is 16.7 Å². The van der Waals surface area contributed by atoms with Crippen LogP contribution in [-0.4, -0.2) is 128 Å². The minimum atomic E-state index is -3.56. The third-order valence-electron chi connectivity index (χ3n) is 10.8. The molecule has 1 saturated carbocycles. The van der Waals surface area contributed by atoms with Crippen LogP contribution in [0.15, 0.2) is 36.9 Å². The monoisotopic (exact) mass is 815 g/mol. The zero-order valence-electron chi connectivity index (χ0n) is 34.6. The van der Waals surface area contributed by atoms with Crippen molar-refractivity contribution in [1.82, 2.24) is 35.4 Å². The van der Waals surface area contributed by atoms with Crippen molar-refractivity contribution in [2.75, 3.05) is 39.5 Å². The van der Waals surface area contributed by atoms with Crippen LogP contribution in [0.4, 0.5) is 9.59 Å². The number of benzene rings is 1. The summed E-state index contributed by atoms with van der Waals surface area (Å²) in [6, 6.07) is 2.86. The first-order valence-corrected chi connectivity index (χ1v) is 21.4. The van der Waals surface area contributed by atoms with Gasteiger partial charge < -0.3 is 35.8 Å². The molecule has 2 unspecified atom stereocenters. The van der Waals surface area contributed by atoms with E-state index >= 15 is 0 Å². The summed E-state index contributed by atoms with van der Waals surface area (Å²) in [6.07, 6.45) is 3.50. The highest BCUT2D eigenvalue weighted by atomic mass is 32.2. The normalized spacial score (nSPS) is 20.1. The number of Topliss-reactive ketones (excluding diaryl/α,β-unsaturated/α-hetero) is 1. The molecule has 2 heterocycles. The number of nitrogens with one attached hydrogen (secondary N) is 4. The molecule has 5 atom stereocenters. The number of carbonyl (C=O) groups excluding carboxylic acids is 6. The van der Waals surface area contributed by atoms with Gasteiger partial charge in [-0.2, -0.15) is 0 Å². The second kappa shape index (κ2) is 18.4. The molecule has 1 saturated heterocycles. The number of likely N-dealkylation sites (tertiary alicyclic amines) is 1. The van der Waals surface area contributed by atoms with Gasteiger partial charge >= 0.3 is 12.1 Å². The van der Waals surface area contributed by atoms with Crippen LogP contribution in [0.3, 0.4) is 0 Å². The molecular weight excluding hydrogens is 755 g/mol. The van der Waals surface area contributed by atoms with Crippen LogP contribution >= 0.6 is 0 Å². The molecule has 3 aliphatic rings. The lowest BCUT2D eigenvalue weighted by Crippen LogP contribution is -2.62. The Morgan fingerprint density at radius 2 is 1.63 bits per heavy atom. The van der Waals surface area contributed by atoms with Crippen molar-refractivity contribution in [3.63, 3.8) is 0 Å². The lowest BCUT2D eigenvalue weighted by molar-refractivity contribution is -0.144. The number of fused-ring (bicyclic) bond motifs is 1. The Kier molecular flexibility index (Phi) is 14.6. The number of nitrogens with zero attached hydrogens (tertiary/aromatic N) is 3. The predicted molar refractivity (Wildman–Crippen MR) is 214 cm³/mol. The Labute approximate surface area is 336 Å². The molecule has 316 valence electrons. The fourth-order valence-corrected chi connectivity index (χ4v) is 7.33. The van der Waals surface area contributed by atoms with Gasteiger partial charge in [0.1, 0.15) is 18.2 Å². The maximum atomic E-state index is 14.7. The molecule has 0 spiro atoms. The van der Waals surface area contributed by atoms with E-state index in [-0.39, 0.29) is 38.4 Å². The Hall–Kier alpha value is -4.51. The van der Waals surface area contributed by atoms with E-state index in [2.05, 4.69) is 27.8 Å². The first-order chi connectivity index (χ1) is 26.5. The molecule has 1 aromatic carbocycles. The van der Waals surface area contributed by atoms with Gasteiger partial charge in [0.25, 0.3) is 5.91 Å². The standard InChI is InChI=1S/C40H61N7O9S/c1-10-18-41-35(50)32(48)29(20-25-15-16-25)42-34(49)30-21-28(56-38(53)46-19-17-26-13-11-12-14-27(26)22-46)23-47(30)36(51)33(40(5,6)7)44-37(52)43-31(39(2,3)4)24-45(8)57(9,54)55/h10-14,25,28-31,33H,1,15-24H2,2-9H3,(H,41,50)(H,42,49)(H2,43,44,52)/t28-,29?,30+,31-,33?/m1/s1. The van der Waals surface area contributed by atoms with Gasteiger partial charge in [0.05, 0.1) is 18.8 Å². The lowest BCUT2D eigenvalue weighted by Gasteiger charge is -2.37. The van der Waals surface area contributed by atoms with Gasteiger partial charge in [-0.15, -0.1) is 6.58 Å². The van der Waals surface area contributed by atoms with Gasteiger partial charge in [0, 0.05) is 45.7 Å². The SMILES string of the molecule is C=CCNC(=O)C(=O)C(CC1CC1)NC(=O)[C@@H]1C[C@@H](OC(=O)N2CCc3ccccc3C2)CN1C(=O)C(NC(=O)N[C@H](CN(C)S(C)(=O)=O)C(C)(C)C)C(C)(C)C. The average Bonchev–Trinajstić information content (AvgIpc) is 3.85.